The van der Waals surface area contributed by atoms with Crippen molar-refractivity contribution in [2.75, 3.05) is 13.1 Å². The molecule has 2 atom stereocenters. The molecule has 1 aromatic carbocycles. The molecule has 1 aliphatic heterocycles. The smallest absolute Gasteiger partial charge is 0.308 e. The molecule has 1 aliphatic rings. The van der Waals surface area contributed by atoms with Gasteiger partial charge in [-0.15, -0.1) is 0 Å². The van der Waals surface area contributed by atoms with Gasteiger partial charge >= 0.3 is 5.97 Å². The van der Waals surface area contributed by atoms with E-state index >= 15 is 0 Å². The van der Waals surface area contributed by atoms with Crippen molar-refractivity contribution in [2.24, 2.45) is 5.92 Å². The quantitative estimate of drug-likeness (QED) is 0.864. The Morgan fingerprint density at radius 2 is 1.88 bits per heavy atom. The number of amides is 1. The van der Waals surface area contributed by atoms with Gasteiger partial charge in [-0.25, -0.2) is 0 Å². The zero-order valence-corrected chi connectivity index (χ0v) is 15.8. The molecule has 1 fully saturated rings. The van der Waals surface area contributed by atoms with E-state index in [-0.39, 0.29) is 24.3 Å². The fraction of sp³-hybridized carbons (Fsp3) is 0.400. The lowest BCUT2D eigenvalue weighted by Gasteiger charge is -2.16. The molecule has 2 aromatic rings. The lowest BCUT2D eigenvalue weighted by molar-refractivity contribution is -0.141. The highest BCUT2D eigenvalue weighted by Crippen LogP contribution is 2.35. The van der Waals surface area contributed by atoms with Gasteiger partial charge in [0.1, 0.15) is 11.5 Å². The Bertz CT molecular complexity index is 825. The lowest BCUT2D eigenvalue weighted by Crippen LogP contribution is -2.30. The van der Waals surface area contributed by atoms with E-state index < -0.39 is 11.9 Å². The second-order valence-corrected chi connectivity index (χ2v) is 7.52. The van der Waals surface area contributed by atoms with Crippen LogP contribution >= 0.6 is 11.6 Å². The van der Waals surface area contributed by atoms with Gasteiger partial charge in [0.15, 0.2) is 0 Å². The molecule has 6 heteroatoms. The summed E-state index contributed by atoms with van der Waals surface area (Å²) >= 11 is 5.93. The molecule has 2 heterocycles. The maximum absolute atomic E-state index is 13.0. The van der Waals surface area contributed by atoms with Gasteiger partial charge in [-0.05, 0) is 30.7 Å². The summed E-state index contributed by atoms with van der Waals surface area (Å²) in [7, 11) is 0. The number of nitrogens with zero attached hydrogens (tertiary/aromatic N) is 1. The van der Waals surface area contributed by atoms with Gasteiger partial charge in [-0.2, -0.15) is 0 Å². The van der Waals surface area contributed by atoms with E-state index in [0.29, 0.717) is 22.9 Å². The summed E-state index contributed by atoms with van der Waals surface area (Å²) in [6.45, 7) is 6.31. The van der Waals surface area contributed by atoms with Gasteiger partial charge in [0.25, 0.3) is 5.91 Å². The van der Waals surface area contributed by atoms with Gasteiger partial charge in [0.05, 0.1) is 11.5 Å². The predicted octanol–water partition coefficient (Wildman–Crippen LogP) is 4.31. The number of aryl methyl sites for hydroxylation is 1. The van der Waals surface area contributed by atoms with Gasteiger partial charge in [-0.3, -0.25) is 9.59 Å². The third-order valence-electron chi connectivity index (χ3n) is 4.96. The minimum Gasteiger partial charge on any atom is -0.481 e. The van der Waals surface area contributed by atoms with Crippen LogP contribution in [0.4, 0.5) is 0 Å². The Kier molecular flexibility index (Phi) is 5.10. The molecule has 0 spiro atoms. The van der Waals surface area contributed by atoms with Crippen LogP contribution in [-0.4, -0.2) is 35.0 Å². The second-order valence-electron chi connectivity index (χ2n) is 7.09. The predicted molar refractivity (Wildman–Crippen MR) is 98.8 cm³/mol. The van der Waals surface area contributed by atoms with Crippen molar-refractivity contribution < 1.29 is 19.1 Å². The molecule has 138 valence electrons. The van der Waals surface area contributed by atoms with E-state index in [4.69, 9.17) is 16.0 Å². The third-order valence-corrected chi connectivity index (χ3v) is 5.21. The van der Waals surface area contributed by atoms with Crippen molar-refractivity contribution in [1.82, 2.24) is 4.90 Å². The maximum atomic E-state index is 13.0. The van der Waals surface area contributed by atoms with E-state index in [0.717, 1.165) is 11.3 Å². The molecule has 0 unspecified atom stereocenters. The lowest BCUT2D eigenvalue weighted by atomic mass is 9.89. The molecule has 1 saturated heterocycles. The van der Waals surface area contributed by atoms with Crippen molar-refractivity contribution in [3.63, 3.8) is 0 Å². The number of benzene rings is 1. The Balaban J connectivity index is 1.86. The summed E-state index contributed by atoms with van der Waals surface area (Å²) in [6, 6.07) is 8.92. The fourth-order valence-corrected chi connectivity index (χ4v) is 3.57. The van der Waals surface area contributed by atoms with Crippen LogP contribution in [-0.2, 0) is 4.79 Å². The number of hydrogen-bond acceptors (Lipinski definition) is 3. The summed E-state index contributed by atoms with van der Waals surface area (Å²) in [6.07, 6.45) is 0. The zero-order valence-electron chi connectivity index (χ0n) is 15.0. The standard InChI is InChI=1S/C20H22ClNO4/c1-11(2)18-8-15(12(3)26-18)19(23)22-9-16(17(10-22)20(24)25)13-4-6-14(21)7-5-13/h4-8,11,16-17H,9-10H2,1-3H3,(H,24,25)/t16-,17+/m0/s1. The van der Waals surface area contributed by atoms with E-state index in [2.05, 4.69) is 0 Å². The first-order valence-electron chi connectivity index (χ1n) is 8.65. The molecule has 5 nitrogen and oxygen atoms in total. The topological polar surface area (TPSA) is 70.8 Å². The van der Waals surface area contributed by atoms with Crippen molar-refractivity contribution in [2.45, 2.75) is 32.6 Å². The fourth-order valence-electron chi connectivity index (χ4n) is 3.44. The number of rotatable bonds is 4. The van der Waals surface area contributed by atoms with Gasteiger partial charge in [0, 0.05) is 29.9 Å². The second kappa shape index (κ2) is 7.16. The molecule has 0 bridgehead atoms. The van der Waals surface area contributed by atoms with Crippen LogP contribution in [0, 0.1) is 12.8 Å². The molecule has 1 N–H and O–H groups in total. The minimum atomic E-state index is -0.896. The number of hydrogen-bond donors (Lipinski definition) is 1. The molecule has 1 amide bonds. The molecule has 1 aromatic heterocycles. The number of halogens is 1. The monoisotopic (exact) mass is 375 g/mol. The number of likely N-dealkylation sites (tertiary alicyclic amines) is 1. The molecular weight excluding hydrogens is 354 g/mol. The summed E-state index contributed by atoms with van der Waals surface area (Å²) < 4.78 is 5.68. The van der Waals surface area contributed by atoms with Crippen molar-refractivity contribution >= 4 is 23.5 Å². The summed E-state index contributed by atoms with van der Waals surface area (Å²) in [5, 5.41) is 10.2. The largest absolute Gasteiger partial charge is 0.481 e. The van der Waals surface area contributed by atoms with Crippen LogP contribution in [0.1, 0.15) is 53.1 Å². The van der Waals surface area contributed by atoms with Crippen LogP contribution in [0.2, 0.25) is 5.02 Å². The average Bonchev–Trinajstić information content (AvgIpc) is 3.19. The summed E-state index contributed by atoms with van der Waals surface area (Å²) in [5.74, 6) is -0.465. The Hall–Kier alpha value is -2.27. The van der Waals surface area contributed by atoms with Crippen LogP contribution in [0.15, 0.2) is 34.7 Å². The molecular formula is C20H22ClNO4. The number of carboxylic acids is 1. The van der Waals surface area contributed by atoms with Crippen molar-refractivity contribution in [1.29, 1.82) is 0 Å². The molecule has 26 heavy (non-hydrogen) atoms. The highest BCUT2D eigenvalue weighted by molar-refractivity contribution is 6.30. The van der Waals surface area contributed by atoms with Crippen LogP contribution in [0.25, 0.3) is 0 Å². The summed E-state index contributed by atoms with van der Waals surface area (Å²) in [5.41, 5.74) is 1.39. The number of carbonyl (C=O) groups excluding carboxylic acids is 1. The van der Waals surface area contributed by atoms with Crippen LogP contribution in [0.5, 0.6) is 0 Å². The normalized spacial score (nSPS) is 20.0. The minimum absolute atomic E-state index is 0.180. The first-order chi connectivity index (χ1) is 12.3. The van der Waals surface area contributed by atoms with Gasteiger partial charge in [-0.1, -0.05) is 37.6 Å². The third kappa shape index (κ3) is 3.49. The van der Waals surface area contributed by atoms with Gasteiger partial charge < -0.3 is 14.4 Å². The summed E-state index contributed by atoms with van der Waals surface area (Å²) in [4.78, 5) is 26.3. The Morgan fingerprint density at radius 1 is 1.23 bits per heavy atom. The van der Waals surface area contributed by atoms with Crippen molar-refractivity contribution in [3.8, 4) is 0 Å². The van der Waals surface area contributed by atoms with E-state index in [1.807, 2.05) is 26.0 Å². The number of aliphatic carboxylic acids is 1. The number of carboxylic acid groups (broad SMARTS) is 1. The van der Waals surface area contributed by atoms with Gasteiger partial charge in [0.2, 0.25) is 0 Å². The first-order valence-corrected chi connectivity index (χ1v) is 9.03. The van der Waals surface area contributed by atoms with E-state index in [1.165, 1.54) is 0 Å². The highest BCUT2D eigenvalue weighted by atomic mass is 35.5. The number of furan rings is 1. The first kappa shape index (κ1) is 18.5. The zero-order chi connectivity index (χ0) is 19.0. The molecule has 0 radical (unpaired) electrons. The highest BCUT2D eigenvalue weighted by Gasteiger charge is 2.41. The SMILES string of the molecule is Cc1oc(C(C)C)cc1C(=O)N1C[C@@H](C(=O)O)[C@H](c2ccc(Cl)cc2)C1. The van der Waals surface area contributed by atoms with E-state index in [1.54, 1.807) is 30.0 Å². The van der Waals surface area contributed by atoms with Crippen molar-refractivity contribution in [3.05, 3.63) is 58.0 Å². The van der Waals surface area contributed by atoms with E-state index in [9.17, 15) is 14.7 Å². The number of carbonyl (C=O) groups is 2. The average molecular weight is 376 g/mol. The molecule has 0 aliphatic carbocycles. The van der Waals surface area contributed by atoms with Crippen LogP contribution < -0.4 is 0 Å². The maximum Gasteiger partial charge on any atom is 0.308 e. The van der Waals surface area contributed by atoms with Crippen LogP contribution in [0.3, 0.4) is 0 Å². The Labute approximate surface area is 157 Å². The Morgan fingerprint density at radius 3 is 2.42 bits per heavy atom. The molecule has 0 saturated carbocycles. The molecule has 3 rings (SSSR count).